The van der Waals surface area contributed by atoms with Crippen molar-refractivity contribution >= 4 is 29.8 Å². The molecule has 3 heterocycles. The number of aromatic amines is 1. The van der Waals surface area contributed by atoms with Gasteiger partial charge in [0.2, 0.25) is 11.8 Å². The van der Waals surface area contributed by atoms with Crippen LogP contribution in [0.5, 0.6) is 0 Å². The number of primary amides is 1. The molecule has 12 N–H and O–H groups in total. The lowest BCUT2D eigenvalue weighted by Crippen LogP contribution is -2.67. The predicted octanol–water partition coefficient (Wildman–Crippen LogP) is -6.28. The number of nitrogens with two attached hydrogens (primary N) is 2. The summed E-state index contributed by atoms with van der Waals surface area (Å²) >= 11 is 0. The molecule has 1 aromatic rings. The van der Waals surface area contributed by atoms with Crippen LogP contribution in [-0.4, -0.2) is 137 Å². The van der Waals surface area contributed by atoms with E-state index in [-0.39, 0.29) is 6.54 Å². The third kappa shape index (κ3) is 6.61. The van der Waals surface area contributed by atoms with Crippen molar-refractivity contribution < 1.29 is 64.1 Å². The Hall–Kier alpha value is -4.67. The molecule has 1 aromatic heterocycles. The van der Waals surface area contributed by atoms with Crippen molar-refractivity contribution in [3.05, 3.63) is 44.2 Å². The maximum Gasteiger partial charge on any atom is 0.404 e. The van der Waals surface area contributed by atoms with Crippen molar-refractivity contribution in [3.63, 3.8) is 0 Å². The van der Waals surface area contributed by atoms with Gasteiger partial charge in [-0.15, -0.1) is 0 Å². The van der Waals surface area contributed by atoms with Gasteiger partial charge < -0.3 is 61.8 Å². The van der Waals surface area contributed by atoms with Crippen molar-refractivity contribution in [1.82, 2.24) is 19.8 Å². The fourth-order valence-corrected chi connectivity index (χ4v) is 4.60. The number of hydrogen-bond donors (Lipinski definition) is 10. The highest BCUT2D eigenvalue weighted by atomic mass is 16.6. The zero-order valence-corrected chi connectivity index (χ0v) is 22.7. The van der Waals surface area contributed by atoms with E-state index in [1.165, 1.54) is 13.0 Å². The van der Waals surface area contributed by atoms with Gasteiger partial charge in [-0.3, -0.25) is 23.9 Å². The highest BCUT2D eigenvalue weighted by Gasteiger charge is 2.54. The molecular weight excluding hydrogens is 600 g/mol. The van der Waals surface area contributed by atoms with Gasteiger partial charge in [0.15, 0.2) is 12.3 Å². The number of nitrogens with one attached hydrogen (secondary N) is 2. The summed E-state index contributed by atoms with van der Waals surface area (Å²) in [6.45, 7) is 0.384. The third-order valence-electron chi connectivity index (χ3n) is 7.00. The van der Waals surface area contributed by atoms with Crippen LogP contribution in [0.1, 0.15) is 23.5 Å². The number of rotatable bonds is 11. The molecule has 44 heavy (non-hydrogen) atoms. The first-order valence-corrected chi connectivity index (χ1v) is 12.6. The summed E-state index contributed by atoms with van der Waals surface area (Å²) in [7, 11) is 0. The molecule has 21 nitrogen and oxygen atoms in total. The maximum atomic E-state index is 13.6. The molecule has 0 bridgehead atoms. The summed E-state index contributed by atoms with van der Waals surface area (Å²) in [6.07, 6.45) is -11.6. The Kier molecular flexibility index (Phi) is 10.2. The van der Waals surface area contributed by atoms with E-state index in [0.717, 1.165) is 4.90 Å². The SMILES string of the molecule is CC=C1CN(C(=O)C(NC(=O)C(N)C(O)C(O)COC(N)=O)C2OC(n3cc(C(=O)O)c(=O)[nH]c3=O)C(O)C2O)C1C(=O)O. The van der Waals surface area contributed by atoms with Gasteiger partial charge in [0.1, 0.15) is 54.8 Å². The highest BCUT2D eigenvalue weighted by molar-refractivity contribution is 5.95. The number of aromatic carboxylic acids is 1. The van der Waals surface area contributed by atoms with Crippen LogP contribution in [0.2, 0.25) is 0 Å². The largest absolute Gasteiger partial charge is 0.479 e. The smallest absolute Gasteiger partial charge is 0.404 e. The second-order valence-electron chi connectivity index (χ2n) is 9.76. The van der Waals surface area contributed by atoms with E-state index < -0.39 is 108 Å². The molecule has 0 radical (unpaired) electrons. The minimum Gasteiger partial charge on any atom is -0.479 e. The molecule has 3 amide bonds. The lowest BCUT2D eigenvalue weighted by Gasteiger charge is -2.43. The number of aliphatic carboxylic acids is 1. The number of ether oxygens (including phenoxy) is 2. The van der Waals surface area contributed by atoms with Gasteiger partial charge in [-0.2, -0.15) is 0 Å². The second kappa shape index (κ2) is 13.3. The van der Waals surface area contributed by atoms with E-state index in [1.54, 1.807) is 4.98 Å². The fraction of sp³-hybridized carbons (Fsp3) is 0.522. The second-order valence-corrected chi connectivity index (χ2v) is 9.76. The number of carbonyl (C=O) groups is 5. The number of hydrogen-bond acceptors (Lipinski definition) is 14. The van der Waals surface area contributed by atoms with Crippen molar-refractivity contribution in [3.8, 4) is 0 Å². The van der Waals surface area contributed by atoms with Crippen LogP contribution in [0.25, 0.3) is 0 Å². The van der Waals surface area contributed by atoms with Gasteiger partial charge in [0.05, 0.1) is 0 Å². The molecular formula is C23H30N6O15. The third-order valence-corrected chi connectivity index (χ3v) is 7.00. The number of amides is 3. The number of aliphatic hydroxyl groups is 4. The summed E-state index contributed by atoms with van der Waals surface area (Å²) in [5, 5.41) is 62.7. The zero-order chi connectivity index (χ0) is 33.2. The van der Waals surface area contributed by atoms with Crippen LogP contribution in [-0.2, 0) is 23.9 Å². The Morgan fingerprint density at radius 3 is 2.36 bits per heavy atom. The Bertz CT molecular complexity index is 1470. The van der Waals surface area contributed by atoms with Gasteiger partial charge >= 0.3 is 23.7 Å². The van der Waals surface area contributed by atoms with Gasteiger partial charge in [-0.25, -0.2) is 19.2 Å². The summed E-state index contributed by atoms with van der Waals surface area (Å²) in [5.41, 5.74) is 7.25. The summed E-state index contributed by atoms with van der Waals surface area (Å²) in [4.78, 5) is 87.4. The number of allylic oxidation sites excluding steroid dienone is 1. The molecule has 3 rings (SSSR count). The van der Waals surface area contributed by atoms with Crippen LogP contribution in [0.15, 0.2) is 27.4 Å². The Balaban J connectivity index is 1.97. The first kappa shape index (κ1) is 33.8. The van der Waals surface area contributed by atoms with E-state index in [0.29, 0.717) is 16.3 Å². The molecule has 9 atom stereocenters. The number of aliphatic hydroxyl groups excluding tert-OH is 4. The zero-order valence-electron chi connectivity index (χ0n) is 22.7. The number of likely N-dealkylation sites (tertiary alicyclic amines) is 1. The molecule has 242 valence electrons. The number of carbonyl (C=O) groups excluding carboxylic acids is 3. The molecule has 0 spiro atoms. The quantitative estimate of drug-likeness (QED) is 0.102. The molecule has 9 unspecified atom stereocenters. The minimum atomic E-state index is -2.13. The van der Waals surface area contributed by atoms with Crippen molar-refractivity contribution in [2.24, 2.45) is 11.5 Å². The van der Waals surface area contributed by atoms with Gasteiger partial charge in [-0.05, 0) is 12.5 Å². The van der Waals surface area contributed by atoms with Crippen LogP contribution in [0.4, 0.5) is 4.79 Å². The molecule has 2 fully saturated rings. The number of aromatic nitrogens is 2. The average molecular weight is 631 g/mol. The van der Waals surface area contributed by atoms with Gasteiger partial charge in [-0.1, -0.05) is 6.08 Å². The molecule has 0 aromatic carbocycles. The Morgan fingerprint density at radius 1 is 1.18 bits per heavy atom. The molecule has 2 aliphatic heterocycles. The van der Waals surface area contributed by atoms with Crippen LogP contribution >= 0.6 is 0 Å². The van der Waals surface area contributed by atoms with Crippen LogP contribution in [0.3, 0.4) is 0 Å². The molecule has 2 saturated heterocycles. The standard InChI is InChI=1S/C23H30N6O15/c1-2-6-3-28(11(6)21(39)40)18(36)10(26-17(35)9(24)12(31)8(30)5-43-22(25)41)15-13(32)14(33)19(44-15)29-4-7(20(37)38)16(34)27-23(29)42/h2,4,8-15,19,30-33H,3,5,24H2,1H3,(H2,25,41)(H,26,35)(H,37,38)(H,39,40)(H,27,34,42). The average Bonchev–Trinajstić information content (AvgIpc) is 3.21. The number of nitrogens with zero attached hydrogens (tertiary/aromatic N) is 2. The summed E-state index contributed by atoms with van der Waals surface area (Å²) < 4.78 is 10.3. The predicted molar refractivity (Wildman–Crippen MR) is 139 cm³/mol. The van der Waals surface area contributed by atoms with Crippen molar-refractivity contribution in [2.45, 2.75) is 61.8 Å². The van der Waals surface area contributed by atoms with Crippen molar-refractivity contribution in [1.29, 1.82) is 0 Å². The van der Waals surface area contributed by atoms with E-state index in [2.05, 4.69) is 10.1 Å². The molecule has 0 aliphatic carbocycles. The Labute approximate surface area is 244 Å². The monoisotopic (exact) mass is 630 g/mol. The van der Waals surface area contributed by atoms with E-state index in [1.807, 2.05) is 0 Å². The van der Waals surface area contributed by atoms with Gasteiger partial charge in [0, 0.05) is 12.7 Å². The van der Waals surface area contributed by atoms with E-state index in [4.69, 9.17) is 16.2 Å². The minimum absolute atomic E-state index is 0.243. The number of H-pyrrole nitrogens is 1. The summed E-state index contributed by atoms with van der Waals surface area (Å²) in [6, 6.07) is -5.63. The maximum absolute atomic E-state index is 13.6. The van der Waals surface area contributed by atoms with Crippen LogP contribution in [0, 0.1) is 0 Å². The van der Waals surface area contributed by atoms with E-state index in [9.17, 15) is 64.2 Å². The van der Waals surface area contributed by atoms with Crippen LogP contribution < -0.4 is 28.0 Å². The molecule has 21 heteroatoms. The lowest BCUT2D eigenvalue weighted by molar-refractivity contribution is -0.157. The molecule has 2 aliphatic rings. The highest BCUT2D eigenvalue weighted by Crippen LogP contribution is 2.33. The lowest BCUT2D eigenvalue weighted by atomic mass is 9.92. The normalized spacial score (nSPS) is 26.6. The fourth-order valence-electron chi connectivity index (χ4n) is 4.60. The van der Waals surface area contributed by atoms with Gasteiger partial charge in [0.25, 0.3) is 5.56 Å². The number of carboxylic acids is 2. The first-order chi connectivity index (χ1) is 20.5. The summed E-state index contributed by atoms with van der Waals surface area (Å²) in [5.74, 6) is -5.79. The first-order valence-electron chi connectivity index (χ1n) is 12.6. The Morgan fingerprint density at radius 2 is 1.82 bits per heavy atom. The number of carboxylic acid groups (broad SMARTS) is 2. The van der Waals surface area contributed by atoms with Crippen molar-refractivity contribution in [2.75, 3.05) is 13.2 Å². The van der Waals surface area contributed by atoms with E-state index >= 15 is 0 Å². The molecule has 0 saturated carbocycles. The topological polar surface area (TPSA) is 347 Å².